The minimum atomic E-state index is -0.275. The van der Waals surface area contributed by atoms with Gasteiger partial charge in [0.15, 0.2) is 0 Å². The highest BCUT2D eigenvalue weighted by atomic mass is 16.2. The summed E-state index contributed by atoms with van der Waals surface area (Å²) in [6.45, 7) is 8.47. The normalized spacial score (nSPS) is 12.0. The molecule has 1 heterocycles. The second kappa shape index (κ2) is 7.22. The van der Waals surface area contributed by atoms with Crippen molar-refractivity contribution in [1.29, 1.82) is 0 Å². The van der Waals surface area contributed by atoms with Crippen molar-refractivity contribution in [1.82, 2.24) is 15.1 Å². The number of hydrogen-bond donors (Lipinski definition) is 1. The van der Waals surface area contributed by atoms with Gasteiger partial charge in [-0.15, -0.1) is 0 Å². The van der Waals surface area contributed by atoms with Crippen LogP contribution in [0, 0.1) is 13.8 Å². The summed E-state index contributed by atoms with van der Waals surface area (Å²) in [4.78, 5) is 24.1. The van der Waals surface area contributed by atoms with Crippen LogP contribution in [0.5, 0.6) is 0 Å². The smallest absolute Gasteiger partial charge is 0.272 e. The molecule has 5 heteroatoms. The van der Waals surface area contributed by atoms with Gasteiger partial charge in [-0.2, -0.15) is 5.10 Å². The van der Waals surface area contributed by atoms with Crippen molar-refractivity contribution in [2.75, 3.05) is 0 Å². The van der Waals surface area contributed by atoms with Crippen molar-refractivity contribution in [2.45, 2.75) is 46.7 Å². The maximum atomic E-state index is 12.4. The van der Waals surface area contributed by atoms with E-state index in [1.165, 1.54) is 16.8 Å². The fraction of sp³-hybridized carbons (Fsp3) is 0.389. The fourth-order valence-electron chi connectivity index (χ4n) is 2.52. The molecule has 2 rings (SSSR count). The molecule has 0 fully saturated rings. The van der Waals surface area contributed by atoms with Gasteiger partial charge in [0, 0.05) is 12.6 Å². The molecule has 5 nitrogen and oxygen atoms in total. The van der Waals surface area contributed by atoms with Crippen LogP contribution in [-0.2, 0) is 6.54 Å². The van der Waals surface area contributed by atoms with Crippen molar-refractivity contribution >= 4 is 5.91 Å². The minimum Gasteiger partial charge on any atom is -0.344 e. The molecule has 1 N–H and O–H groups in total. The molecule has 0 radical (unpaired) electrons. The lowest BCUT2D eigenvalue weighted by atomic mass is 10.00. The first-order chi connectivity index (χ1) is 10.9. The van der Waals surface area contributed by atoms with Crippen molar-refractivity contribution in [3.63, 3.8) is 0 Å². The minimum absolute atomic E-state index is 0.129. The van der Waals surface area contributed by atoms with E-state index < -0.39 is 0 Å². The third-order valence-electron chi connectivity index (χ3n) is 3.78. The van der Waals surface area contributed by atoms with Gasteiger partial charge >= 0.3 is 0 Å². The van der Waals surface area contributed by atoms with E-state index in [0.717, 1.165) is 23.1 Å². The number of aryl methyl sites for hydroxylation is 3. The molecule has 0 bridgehead atoms. The third kappa shape index (κ3) is 4.06. The first-order valence-electron chi connectivity index (χ1n) is 7.88. The van der Waals surface area contributed by atoms with Gasteiger partial charge in [0.25, 0.3) is 11.5 Å². The average molecular weight is 313 g/mol. The van der Waals surface area contributed by atoms with Crippen LogP contribution in [0.2, 0.25) is 0 Å². The molecule has 0 aliphatic heterocycles. The Kier molecular flexibility index (Phi) is 5.32. The van der Waals surface area contributed by atoms with Gasteiger partial charge in [-0.05, 0) is 44.4 Å². The Balaban J connectivity index is 2.20. The van der Waals surface area contributed by atoms with Crippen LogP contribution in [-0.4, -0.2) is 15.7 Å². The predicted molar refractivity (Wildman–Crippen MR) is 90.6 cm³/mol. The zero-order valence-electron chi connectivity index (χ0n) is 14.1. The van der Waals surface area contributed by atoms with Gasteiger partial charge in [0.2, 0.25) is 0 Å². The molecule has 0 saturated heterocycles. The molecule has 1 amide bonds. The van der Waals surface area contributed by atoms with E-state index in [1.54, 1.807) is 0 Å². The lowest BCUT2D eigenvalue weighted by Gasteiger charge is -2.17. The average Bonchev–Trinajstić information content (AvgIpc) is 2.51. The second-order valence-corrected chi connectivity index (χ2v) is 5.84. The van der Waals surface area contributed by atoms with Crippen LogP contribution in [0.3, 0.4) is 0 Å². The molecule has 1 aromatic heterocycles. The molecule has 2 aromatic rings. The van der Waals surface area contributed by atoms with Crippen molar-refractivity contribution in [3.05, 3.63) is 63.1 Å². The molecular weight excluding hydrogens is 290 g/mol. The van der Waals surface area contributed by atoms with E-state index in [0.29, 0.717) is 6.54 Å². The summed E-state index contributed by atoms with van der Waals surface area (Å²) < 4.78 is 1.33. The lowest BCUT2D eigenvalue weighted by Crippen LogP contribution is -2.31. The van der Waals surface area contributed by atoms with Gasteiger partial charge in [-0.1, -0.05) is 30.7 Å². The topological polar surface area (TPSA) is 64.0 Å². The zero-order chi connectivity index (χ0) is 17.0. The summed E-state index contributed by atoms with van der Waals surface area (Å²) in [5, 5.41) is 7.09. The van der Waals surface area contributed by atoms with Crippen molar-refractivity contribution < 1.29 is 4.79 Å². The van der Waals surface area contributed by atoms with Gasteiger partial charge in [0.05, 0.1) is 6.04 Å². The first kappa shape index (κ1) is 16.9. The number of nitrogens with zero attached hydrogens (tertiary/aromatic N) is 2. The largest absolute Gasteiger partial charge is 0.344 e. The highest BCUT2D eigenvalue weighted by Crippen LogP contribution is 2.19. The van der Waals surface area contributed by atoms with Crippen molar-refractivity contribution in [2.24, 2.45) is 0 Å². The third-order valence-corrected chi connectivity index (χ3v) is 3.78. The Bertz CT molecular complexity index is 765. The summed E-state index contributed by atoms with van der Waals surface area (Å²) in [6, 6.07) is 8.91. The molecule has 23 heavy (non-hydrogen) atoms. The molecule has 0 aliphatic carbocycles. The van der Waals surface area contributed by atoms with Gasteiger partial charge in [-0.25, -0.2) is 4.68 Å². The van der Waals surface area contributed by atoms with Crippen LogP contribution in [0.25, 0.3) is 0 Å². The second-order valence-electron chi connectivity index (χ2n) is 5.84. The predicted octanol–water partition coefficient (Wildman–Crippen LogP) is 2.76. The Labute approximate surface area is 136 Å². The van der Waals surface area contributed by atoms with Gasteiger partial charge < -0.3 is 5.32 Å². The number of amides is 1. The number of carbonyl (C=O) groups excluding carboxylic acids is 1. The SMILES string of the molecule is CCCn1nc(C(=O)NC(C)c2cc(C)ccc2C)ccc1=O. The number of carbonyl (C=O) groups is 1. The summed E-state index contributed by atoms with van der Waals surface area (Å²) in [7, 11) is 0. The highest BCUT2D eigenvalue weighted by Gasteiger charge is 2.15. The summed E-state index contributed by atoms with van der Waals surface area (Å²) in [5.74, 6) is -0.275. The van der Waals surface area contributed by atoms with E-state index in [9.17, 15) is 9.59 Å². The Morgan fingerprint density at radius 3 is 2.70 bits per heavy atom. The van der Waals surface area contributed by atoms with E-state index in [2.05, 4.69) is 22.5 Å². The van der Waals surface area contributed by atoms with Crippen molar-refractivity contribution in [3.8, 4) is 0 Å². The van der Waals surface area contributed by atoms with E-state index >= 15 is 0 Å². The van der Waals surface area contributed by atoms with E-state index in [-0.39, 0.29) is 23.2 Å². The number of aromatic nitrogens is 2. The monoisotopic (exact) mass is 313 g/mol. The summed E-state index contributed by atoms with van der Waals surface area (Å²) >= 11 is 0. The molecule has 0 aliphatic rings. The van der Waals surface area contributed by atoms with Crippen LogP contribution >= 0.6 is 0 Å². The van der Waals surface area contributed by atoms with Crippen LogP contribution < -0.4 is 10.9 Å². The van der Waals surface area contributed by atoms with Gasteiger partial charge in [-0.3, -0.25) is 9.59 Å². The Hall–Kier alpha value is -2.43. The maximum Gasteiger partial charge on any atom is 0.272 e. The molecular formula is C18H23N3O2. The first-order valence-corrected chi connectivity index (χ1v) is 7.88. The molecule has 0 saturated carbocycles. The quantitative estimate of drug-likeness (QED) is 0.923. The molecule has 1 unspecified atom stereocenters. The summed E-state index contributed by atoms with van der Waals surface area (Å²) in [5.41, 5.74) is 3.44. The van der Waals surface area contributed by atoms with Crippen LogP contribution in [0.1, 0.15) is 53.5 Å². The Morgan fingerprint density at radius 1 is 1.26 bits per heavy atom. The Morgan fingerprint density at radius 2 is 2.00 bits per heavy atom. The maximum absolute atomic E-state index is 12.4. The number of hydrogen-bond acceptors (Lipinski definition) is 3. The number of rotatable bonds is 5. The summed E-state index contributed by atoms with van der Waals surface area (Å²) in [6.07, 6.45) is 0.789. The highest BCUT2D eigenvalue weighted by molar-refractivity contribution is 5.92. The zero-order valence-corrected chi connectivity index (χ0v) is 14.1. The number of nitrogens with one attached hydrogen (secondary N) is 1. The number of benzene rings is 1. The standard InChI is InChI=1S/C18H23N3O2/c1-5-10-21-17(22)9-8-16(20-21)18(23)19-14(4)15-11-12(2)6-7-13(15)3/h6-9,11,14H,5,10H2,1-4H3,(H,19,23). The lowest BCUT2D eigenvalue weighted by molar-refractivity contribution is 0.0932. The van der Waals surface area contributed by atoms with Crippen LogP contribution in [0.15, 0.2) is 35.1 Å². The van der Waals surface area contributed by atoms with E-state index in [4.69, 9.17) is 0 Å². The van der Waals surface area contributed by atoms with Gasteiger partial charge in [0.1, 0.15) is 5.69 Å². The fourth-order valence-corrected chi connectivity index (χ4v) is 2.52. The van der Waals surface area contributed by atoms with E-state index in [1.807, 2.05) is 33.8 Å². The van der Waals surface area contributed by atoms with Crippen LogP contribution in [0.4, 0.5) is 0 Å². The molecule has 1 aromatic carbocycles. The molecule has 122 valence electrons. The molecule has 0 spiro atoms. The molecule has 1 atom stereocenters.